The number of hydrogen-bond donors (Lipinski definition) is 2. The monoisotopic (exact) mass is 391 g/mol. The highest BCUT2D eigenvalue weighted by Gasteiger charge is 2.42. The van der Waals surface area contributed by atoms with Crippen LogP contribution >= 0.6 is 12.4 Å². The summed E-state index contributed by atoms with van der Waals surface area (Å²) in [5.41, 5.74) is 5.30. The van der Waals surface area contributed by atoms with Crippen LogP contribution < -0.4 is 11.1 Å². The van der Waals surface area contributed by atoms with Crippen molar-refractivity contribution in [2.75, 3.05) is 19.6 Å². The highest BCUT2D eigenvalue weighted by molar-refractivity contribution is 5.96. The molecule has 1 heterocycles. The zero-order chi connectivity index (χ0) is 18.2. The maximum atomic E-state index is 12.5. The number of alkyl halides is 3. The van der Waals surface area contributed by atoms with E-state index in [0.717, 1.165) is 37.1 Å². The van der Waals surface area contributed by atoms with Gasteiger partial charge in [0.05, 0.1) is 12.1 Å². The van der Waals surface area contributed by atoms with Crippen LogP contribution in [0.3, 0.4) is 0 Å². The number of nitrogens with zero attached hydrogens (tertiary/aromatic N) is 1. The molecule has 3 N–H and O–H groups in total. The number of benzene rings is 1. The van der Waals surface area contributed by atoms with Crippen LogP contribution in [0.25, 0.3) is 0 Å². The van der Waals surface area contributed by atoms with Gasteiger partial charge in [0.25, 0.3) is 5.91 Å². The molecule has 0 spiro atoms. The Kier molecular flexibility index (Phi) is 6.18. The molecule has 0 radical (unpaired) electrons. The van der Waals surface area contributed by atoms with Gasteiger partial charge in [0.15, 0.2) is 0 Å². The highest BCUT2D eigenvalue weighted by Crippen LogP contribution is 2.37. The number of likely N-dealkylation sites (tertiary alicyclic amines) is 1. The lowest BCUT2D eigenvalue weighted by atomic mass is 9.98. The maximum Gasteiger partial charge on any atom is 0.416 e. The van der Waals surface area contributed by atoms with Crippen molar-refractivity contribution in [2.24, 2.45) is 17.6 Å². The average molecular weight is 392 g/mol. The van der Waals surface area contributed by atoms with Gasteiger partial charge in [-0.15, -0.1) is 12.4 Å². The molecule has 144 valence electrons. The molecule has 9 heteroatoms. The van der Waals surface area contributed by atoms with Gasteiger partial charge in [0.2, 0.25) is 5.91 Å². The van der Waals surface area contributed by atoms with Gasteiger partial charge < -0.3 is 16.0 Å². The molecule has 1 aromatic rings. The van der Waals surface area contributed by atoms with E-state index in [1.807, 2.05) is 0 Å². The average Bonchev–Trinajstić information content (AvgIpc) is 3.14. The summed E-state index contributed by atoms with van der Waals surface area (Å²) in [6, 6.07) is 4.02. The standard InChI is InChI=1S/C17H20F3N3O2.ClH/c18-17(19,20)12-4-1-10(2-5-12)16(25)22-7-15(24)23-8-11-3-6-14(21)13(11)9-23;/h1-2,4-5,11,13-14H,3,6-9,21H2,(H,22,25);1H. The number of carbonyl (C=O) groups is 2. The van der Waals surface area contributed by atoms with E-state index in [4.69, 9.17) is 5.73 Å². The summed E-state index contributed by atoms with van der Waals surface area (Å²) < 4.78 is 37.5. The molecule has 1 aromatic carbocycles. The van der Waals surface area contributed by atoms with Gasteiger partial charge in [-0.05, 0) is 48.9 Å². The summed E-state index contributed by atoms with van der Waals surface area (Å²) >= 11 is 0. The van der Waals surface area contributed by atoms with Crippen molar-refractivity contribution in [3.05, 3.63) is 35.4 Å². The van der Waals surface area contributed by atoms with Crippen LogP contribution in [-0.4, -0.2) is 42.4 Å². The minimum Gasteiger partial charge on any atom is -0.343 e. The maximum absolute atomic E-state index is 12.5. The number of fused-ring (bicyclic) bond motifs is 1. The molecule has 2 aliphatic rings. The van der Waals surface area contributed by atoms with Crippen molar-refractivity contribution in [1.29, 1.82) is 0 Å². The van der Waals surface area contributed by atoms with Gasteiger partial charge in [-0.2, -0.15) is 13.2 Å². The van der Waals surface area contributed by atoms with Crippen LogP contribution in [0.2, 0.25) is 0 Å². The molecule has 26 heavy (non-hydrogen) atoms. The number of halogens is 4. The van der Waals surface area contributed by atoms with E-state index in [1.54, 1.807) is 4.90 Å². The normalized spacial score (nSPS) is 24.8. The van der Waals surface area contributed by atoms with Crippen molar-refractivity contribution < 1.29 is 22.8 Å². The molecule has 3 atom stereocenters. The lowest BCUT2D eigenvalue weighted by molar-refractivity contribution is -0.137. The van der Waals surface area contributed by atoms with Crippen molar-refractivity contribution >= 4 is 24.2 Å². The van der Waals surface area contributed by atoms with E-state index in [2.05, 4.69) is 5.32 Å². The van der Waals surface area contributed by atoms with Crippen LogP contribution in [0.15, 0.2) is 24.3 Å². The second kappa shape index (κ2) is 7.84. The van der Waals surface area contributed by atoms with Gasteiger partial charge in [0.1, 0.15) is 0 Å². The Hall–Kier alpha value is -1.80. The third kappa shape index (κ3) is 4.29. The van der Waals surface area contributed by atoms with Gasteiger partial charge in [-0.1, -0.05) is 0 Å². The van der Waals surface area contributed by atoms with Gasteiger partial charge in [-0.25, -0.2) is 0 Å². The Labute approximate surface area is 155 Å². The van der Waals surface area contributed by atoms with Crippen LogP contribution in [0.5, 0.6) is 0 Å². The molecule has 1 aliphatic carbocycles. The van der Waals surface area contributed by atoms with Crippen LogP contribution in [0, 0.1) is 11.8 Å². The predicted molar refractivity (Wildman–Crippen MR) is 91.8 cm³/mol. The molecular formula is C17H21ClF3N3O2. The summed E-state index contributed by atoms with van der Waals surface area (Å²) in [6.45, 7) is 1.10. The van der Waals surface area contributed by atoms with Crippen molar-refractivity contribution in [3.8, 4) is 0 Å². The number of hydrogen-bond acceptors (Lipinski definition) is 3. The number of nitrogens with one attached hydrogen (secondary N) is 1. The first kappa shape index (κ1) is 20.5. The summed E-state index contributed by atoms with van der Waals surface area (Å²) in [6.07, 6.45) is -2.44. The van der Waals surface area contributed by atoms with Crippen molar-refractivity contribution in [1.82, 2.24) is 10.2 Å². The Balaban J connectivity index is 0.00000243. The molecule has 3 unspecified atom stereocenters. The second-order valence-electron chi connectivity index (χ2n) is 6.72. The number of carbonyl (C=O) groups excluding carboxylic acids is 2. The lowest BCUT2D eigenvalue weighted by Crippen LogP contribution is -2.40. The quantitative estimate of drug-likeness (QED) is 0.828. The minimum atomic E-state index is -4.44. The second-order valence-corrected chi connectivity index (χ2v) is 6.72. The SMILES string of the molecule is Cl.NC1CCC2CN(C(=O)CNC(=O)c3ccc(C(F)(F)F)cc3)CC12. The first-order chi connectivity index (χ1) is 11.8. The molecule has 0 aromatic heterocycles. The molecule has 1 aliphatic heterocycles. The molecule has 1 saturated heterocycles. The van der Waals surface area contributed by atoms with E-state index < -0.39 is 17.6 Å². The summed E-state index contributed by atoms with van der Waals surface area (Å²) in [7, 11) is 0. The first-order valence-electron chi connectivity index (χ1n) is 8.24. The van der Waals surface area contributed by atoms with Gasteiger partial charge >= 0.3 is 6.18 Å². The number of amides is 2. The van der Waals surface area contributed by atoms with Crippen LogP contribution in [-0.2, 0) is 11.0 Å². The molecule has 2 fully saturated rings. The van der Waals surface area contributed by atoms with Crippen molar-refractivity contribution in [3.63, 3.8) is 0 Å². The van der Waals surface area contributed by atoms with E-state index >= 15 is 0 Å². The van der Waals surface area contributed by atoms with E-state index in [1.165, 1.54) is 0 Å². The topological polar surface area (TPSA) is 75.4 Å². The van der Waals surface area contributed by atoms with E-state index in [-0.39, 0.29) is 36.5 Å². The zero-order valence-corrected chi connectivity index (χ0v) is 14.8. The largest absolute Gasteiger partial charge is 0.416 e. The van der Waals surface area contributed by atoms with Crippen molar-refractivity contribution in [2.45, 2.75) is 25.1 Å². The fourth-order valence-electron chi connectivity index (χ4n) is 3.69. The number of rotatable bonds is 3. The number of nitrogens with two attached hydrogens (primary N) is 1. The predicted octanol–water partition coefficient (Wildman–Crippen LogP) is 2.05. The molecular weight excluding hydrogens is 371 g/mol. The van der Waals surface area contributed by atoms with Gasteiger partial charge in [0, 0.05) is 24.7 Å². The molecule has 5 nitrogen and oxygen atoms in total. The molecule has 1 saturated carbocycles. The summed E-state index contributed by atoms with van der Waals surface area (Å²) in [4.78, 5) is 25.9. The third-order valence-corrected chi connectivity index (χ3v) is 5.14. The third-order valence-electron chi connectivity index (χ3n) is 5.14. The summed E-state index contributed by atoms with van der Waals surface area (Å²) in [5, 5.41) is 2.47. The minimum absolute atomic E-state index is 0. The fraction of sp³-hybridized carbons (Fsp3) is 0.529. The smallest absolute Gasteiger partial charge is 0.343 e. The van der Waals surface area contributed by atoms with E-state index in [0.29, 0.717) is 24.9 Å². The molecule has 2 amide bonds. The lowest BCUT2D eigenvalue weighted by Gasteiger charge is -2.19. The Morgan fingerprint density at radius 2 is 1.81 bits per heavy atom. The molecule has 3 rings (SSSR count). The van der Waals surface area contributed by atoms with Gasteiger partial charge in [-0.3, -0.25) is 9.59 Å². The Morgan fingerprint density at radius 3 is 2.38 bits per heavy atom. The van der Waals surface area contributed by atoms with Crippen LogP contribution in [0.4, 0.5) is 13.2 Å². The first-order valence-corrected chi connectivity index (χ1v) is 8.24. The summed E-state index contributed by atoms with van der Waals surface area (Å²) in [5.74, 6) is -0.000780. The Morgan fingerprint density at radius 1 is 1.15 bits per heavy atom. The molecule has 0 bridgehead atoms. The van der Waals surface area contributed by atoms with E-state index in [9.17, 15) is 22.8 Å². The highest BCUT2D eigenvalue weighted by atomic mass is 35.5. The fourth-order valence-corrected chi connectivity index (χ4v) is 3.69. The van der Waals surface area contributed by atoms with Crippen LogP contribution in [0.1, 0.15) is 28.8 Å². The Bertz CT molecular complexity index is 666. The zero-order valence-electron chi connectivity index (χ0n) is 14.0.